The number of hydrogen-bond acceptors (Lipinski definition) is 4. The van der Waals surface area contributed by atoms with Crippen LogP contribution in [0.1, 0.15) is 78.1 Å². The number of carbonyl (C=O) groups excluding carboxylic acids is 1. The third-order valence-corrected chi connectivity index (χ3v) is 7.93. The maximum absolute atomic E-state index is 11.9. The van der Waals surface area contributed by atoms with Gasteiger partial charge in [0.2, 0.25) is 0 Å². The highest BCUT2D eigenvalue weighted by Gasteiger charge is 2.53. The molecule has 5 heteroatoms. The lowest BCUT2D eigenvalue weighted by Crippen LogP contribution is -2.51. The van der Waals surface area contributed by atoms with Gasteiger partial charge >= 0.3 is 11.9 Å². The minimum Gasteiger partial charge on any atom is -0.481 e. The van der Waals surface area contributed by atoms with E-state index >= 15 is 0 Å². The molecule has 0 unspecified atom stereocenters. The van der Waals surface area contributed by atoms with Gasteiger partial charge in [-0.2, -0.15) is 0 Å². The average molecular weight is 381 g/mol. The molecule has 3 aliphatic carbocycles. The summed E-state index contributed by atoms with van der Waals surface area (Å²) in [5.74, 6) is 0.906. The van der Waals surface area contributed by atoms with Crippen molar-refractivity contribution in [3.63, 3.8) is 0 Å². The van der Waals surface area contributed by atoms with E-state index in [9.17, 15) is 9.59 Å². The van der Waals surface area contributed by atoms with Gasteiger partial charge in [-0.25, -0.2) is 0 Å². The summed E-state index contributed by atoms with van der Waals surface area (Å²) in [4.78, 5) is 22.6. The molecule has 0 saturated heterocycles. The van der Waals surface area contributed by atoms with Crippen LogP contribution in [0.25, 0.3) is 0 Å². The van der Waals surface area contributed by atoms with Gasteiger partial charge in [0.15, 0.2) is 0 Å². The van der Waals surface area contributed by atoms with E-state index in [0.717, 1.165) is 37.7 Å². The molecule has 0 amide bonds. The van der Waals surface area contributed by atoms with Gasteiger partial charge in [-0.05, 0) is 80.0 Å². The van der Waals surface area contributed by atoms with E-state index in [1.54, 1.807) is 0 Å². The van der Waals surface area contributed by atoms with Crippen LogP contribution in [0, 0.1) is 28.6 Å². The largest absolute Gasteiger partial charge is 0.481 e. The van der Waals surface area contributed by atoms with E-state index in [-0.39, 0.29) is 24.9 Å². The van der Waals surface area contributed by atoms with Gasteiger partial charge in [-0.15, -0.1) is 0 Å². The molecular formula is C22H36O5. The van der Waals surface area contributed by atoms with E-state index in [2.05, 4.69) is 13.8 Å². The summed E-state index contributed by atoms with van der Waals surface area (Å²) in [5, 5.41) is 8.72. The van der Waals surface area contributed by atoms with Crippen LogP contribution in [0.2, 0.25) is 0 Å². The summed E-state index contributed by atoms with van der Waals surface area (Å²) < 4.78 is 11.1. The molecule has 3 rings (SSSR count). The number of rotatable bonds is 6. The lowest BCUT2D eigenvalue weighted by molar-refractivity contribution is -0.161. The number of ether oxygens (including phenoxy) is 2. The molecule has 0 aromatic carbocycles. The molecule has 0 aromatic rings. The lowest BCUT2D eigenvalue weighted by Gasteiger charge is -2.58. The minimum absolute atomic E-state index is 0.0173. The van der Waals surface area contributed by atoms with Gasteiger partial charge in [0.25, 0.3) is 0 Å². The quantitative estimate of drug-likeness (QED) is 0.690. The number of carbonyl (C=O) groups is 2. The lowest BCUT2D eigenvalue weighted by atomic mass is 9.47. The number of esters is 1. The normalized spacial score (nSPS) is 41.3. The summed E-state index contributed by atoms with van der Waals surface area (Å²) in [6, 6.07) is 0. The molecule has 1 N–H and O–H groups in total. The zero-order chi connectivity index (χ0) is 19.7. The van der Waals surface area contributed by atoms with Crippen molar-refractivity contribution in [2.45, 2.75) is 84.2 Å². The van der Waals surface area contributed by atoms with Gasteiger partial charge in [0.05, 0.1) is 19.4 Å². The van der Waals surface area contributed by atoms with Gasteiger partial charge in [-0.1, -0.05) is 13.8 Å². The van der Waals surface area contributed by atoms with Crippen LogP contribution in [-0.4, -0.2) is 36.9 Å². The van der Waals surface area contributed by atoms with Crippen LogP contribution in [0.15, 0.2) is 0 Å². The number of methoxy groups -OCH3 is 1. The SMILES string of the molecule is COC[C@@]1(C)CC[C@H]2[C@@H](CC[C@@H]3C[C@H](OC(=O)CCC(=O)O)CC[C@@]32C)C1. The number of fused-ring (bicyclic) bond motifs is 3. The van der Waals surface area contributed by atoms with Crippen molar-refractivity contribution in [1.82, 2.24) is 0 Å². The summed E-state index contributed by atoms with van der Waals surface area (Å²) in [5.41, 5.74) is 0.692. The molecule has 3 fully saturated rings. The van der Waals surface area contributed by atoms with E-state index in [1.165, 1.54) is 32.1 Å². The fraction of sp³-hybridized carbons (Fsp3) is 0.909. The van der Waals surface area contributed by atoms with Crippen molar-refractivity contribution in [2.24, 2.45) is 28.6 Å². The molecule has 0 spiro atoms. The molecule has 0 radical (unpaired) electrons. The molecule has 0 aromatic heterocycles. The van der Waals surface area contributed by atoms with Gasteiger partial charge in [0.1, 0.15) is 6.10 Å². The minimum atomic E-state index is -0.945. The maximum Gasteiger partial charge on any atom is 0.306 e. The van der Waals surface area contributed by atoms with Crippen molar-refractivity contribution in [1.29, 1.82) is 0 Å². The van der Waals surface area contributed by atoms with Crippen molar-refractivity contribution in [3.8, 4) is 0 Å². The fourth-order valence-corrected chi connectivity index (χ4v) is 6.56. The Labute approximate surface area is 163 Å². The van der Waals surface area contributed by atoms with Crippen LogP contribution < -0.4 is 0 Å². The molecule has 3 saturated carbocycles. The monoisotopic (exact) mass is 380 g/mol. The molecule has 27 heavy (non-hydrogen) atoms. The van der Waals surface area contributed by atoms with Crippen molar-refractivity contribution < 1.29 is 24.2 Å². The molecule has 6 atom stereocenters. The van der Waals surface area contributed by atoms with Crippen LogP contribution in [0.3, 0.4) is 0 Å². The van der Waals surface area contributed by atoms with Crippen LogP contribution in [0.4, 0.5) is 0 Å². The Balaban J connectivity index is 1.58. The average Bonchev–Trinajstić information content (AvgIpc) is 2.60. The first-order valence-electron chi connectivity index (χ1n) is 10.7. The number of hydrogen-bond donors (Lipinski definition) is 1. The zero-order valence-electron chi connectivity index (χ0n) is 17.2. The van der Waals surface area contributed by atoms with Crippen LogP contribution >= 0.6 is 0 Å². The molecule has 3 aliphatic rings. The van der Waals surface area contributed by atoms with E-state index in [0.29, 0.717) is 16.7 Å². The van der Waals surface area contributed by atoms with Crippen molar-refractivity contribution in [3.05, 3.63) is 0 Å². The summed E-state index contributed by atoms with van der Waals surface area (Å²) >= 11 is 0. The highest BCUT2D eigenvalue weighted by Crippen LogP contribution is 2.61. The Kier molecular flexibility index (Phi) is 6.19. The number of aliphatic carboxylic acids is 1. The highest BCUT2D eigenvalue weighted by molar-refractivity contribution is 5.76. The van der Waals surface area contributed by atoms with Gasteiger partial charge < -0.3 is 14.6 Å². The third-order valence-electron chi connectivity index (χ3n) is 7.93. The summed E-state index contributed by atoms with van der Waals surface area (Å²) in [6.45, 7) is 5.73. The highest BCUT2D eigenvalue weighted by atomic mass is 16.5. The standard InChI is InChI=1S/C22H36O5/c1-21(14-26-3)10-9-18-15(13-21)4-5-16-12-17(8-11-22(16,18)2)27-20(25)7-6-19(23)24/h15-18H,4-14H2,1-3H3,(H,23,24)/t15-,16+,17+,18-,21-,22-/m0/s1. The van der Waals surface area contributed by atoms with Crippen LogP contribution in [0.5, 0.6) is 0 Å². The zero-order valence-corrected chi connectivity index (χ0v) is 17.2. The van der Waals surface area contributed by atoms with Crippen molar-refractivity contribution in [2.75, 3.05) is 13.7 Å². The summed E-state index contributed by atoms with van der Waals surface area (Å²) in [6.07, 6.45) is 9.14. The first-order chi connectivity index (χ1) is 12.8. The predicted octanol–water partition coefficient (Wildman–Crippen LogP) is 4.43. The Morgan fingerprint density at radius 2 is 1.85 bits per heavy atom. The first kappa shape index (κ1) is 20.6. The number of carboxylic acids is 1. The molecule has 5 nitrogen and oxygen atoms in total. The molecular weight excluding hydrogens is 344 g/mol. The smallest absolute Gasteiger partial charge is 0.306 e. The Morgan fingerprint density at radius 1 is 1.07 bits per heavy atom. The van der Waals surface area contributed by atoms with Gasteiger partial charge in [-0.3, -0.25) is 9.59 Å². The third kappa shape index (κ3) is 4.49. The van der Waals surface area contributed by atoms with E-state index in [1.807, 2.05) is 7.11 Å². The van der Waals surface area contributed by atoms with Crippen LogP contribution in [-0.2, 0) is 19.1 Å². The second-order valence-corrected chi connectivity index (χ2v) is 9.91. The second kappa shape index (κ2) is 8.10. The van der Waals surface area contributed by atoms with E-state index in [4.69, 9.17) is 14.6 Å². The molecule has 0 heterocycles. The van der Waals surface area contributed by atoms with E-state index < -0.39 is 5.97 Å². The van der Waals surface area contributed by atoms with Gasteiger partial charge in [0, 0.05) is 7.11 Å². The second-order valence-electron chi connectivity index (χ2n) is 9.91. The number of carboxylic acid groups (broad SMARTS) is 1. The Morgan fingerprint density at radius 3 is 2.56 bits per heavy atom. The van der Waals surface area contributed by atoms with Crippen molar-refractivity contribution >= 4 is 11.9 Å². The fourth-order valence-electron chi connectivity index (χ4n) is 6.56. The maximum atomic E-state index is 11.9. The topological polar surface area (TPSA) is 72.8 Å². The Bertz CT molecular complexity index is 561. The molecule has 154 valence electrons. The first-order valence-corrected chi connectivity index (χ1v) is 10.7. The molecule has 0 bridgehead atoms. The summed E-state index contributed by atoms with van der Waals surface area (Å²) in [7, 11) is 1.81. The molecule has 0 aliphatic heterocycles. The Hall–Kier alpha value is -1.10. The predicted molar refractivity (Wildman–Crippen MR) is 102 cm³/mol.